The number of guanidine groups is 1. The van der Waals surface area contributed by atoms with Gasteiger partial charge in [-0.1, -0.05) is 24.3 Å². The van der Waals surface area contributed by atoms with E-state index in [4.69, 9.17) is 4.74 Å². The Morgan fingerprint density at radius 1 is 1.17 bits per heavy atom. The van der Waals surface area contributed by atoms with Crippen molar-refractivity contribution in [2.24, 2.45) is 4.99 Å². The number of ether oxygens (including phenoxy) is 1. The van der Waals surface area contributed by atoms with E-state index in [0.29, 0.717) is 24.1 Å². The number of alkyl halides is 3. The van der Waals surface area contributed by atoms with E-state index in [1.54, 1.807) is 0 Å². The van der Waals surface area contributed by atoms with Gasteiger partial charge in [0.1, 0.15) is 5.01 Å². The van der Waals surface area contributed by atoms with Gasteiger partial charge < -0.3 is 15.4 Å². The number of morpholine rings is 1. The van der Waals surface area contributed by atoms with Gasteiger partial charge in [-0.15, -0.1) is 11.3 Å². The lowest BCUT2D eigenvalue weighted by atomic mass is 10.1. The fourth-order valence-corrected chi connectivity index (χ4v) is 3.70. The van der Waals surface area contributed by atoms with Gasteiger partial charge in [0.05, 0.1) is 26.3 Å². The van der Waals surface area contributed by atoms with E-state index in [1.165, 1.54) is 5.56 Å². The van der Waals surface area contributed by atoms with E-state index >= 15 is 0 Å². The average molecular weight is 442 g/mol. The molecular formula is C20H26F3N5OS. The van der Waals surface area contributed by atoms with Crippen molar-refractivity contribution >= 4 is 17.3 Å². The van der Waals surface area contributed by atoms with Crippen LogP contribution < -0.4 is 10.6 Å². The van der Waals surface area contributed by atoms with E-state index in [9.17, 15) is 13.2 Å². The maximum atomic E-state index is 12.7. The Kier molecular flexibility index (Phi) is 8.06. The molecule has 2 aromatic rings. The van der Waals surface area contributed by atoms with Gasteiger partial charge in [0.15, 0.2) is 11.7 Å². The molecule has 2 heterocycles. The Morgan fingerprint density at radius 2 is 1.87 bits per heavy atom. The fourth-order valence-electron chi connectivity index (χ4n) is 2.96. The van der Waals surface area contributed by atoms with E-state index < -0.39 is 11.9 Å². The number of aromatic nitrogens is 1. The molecule has 0 unspecified atom stereocenters. The molecule has 3 rings (SSSR count). The van der Waals surface area contributed by atoms with Crippen LogP contribution in [0.25, 0.3) is 0 Å². The molecule has 0 spiro atoms. The normalized spacial score (nSPS) is 15.9. The first-order chi connectivity index (χ1) is 14.4. The van der Waals surface area contributed by atoms with Crippen LogP contribution in [0.2, 0.25) is 0 Å². The molecule has 30 heavy (non-hydrogen) atoms. The van der Waals surface area contributed by atoms with Crippen LogP contribution in [0, 0.1) is 0 Å². The van der Waals surface area contributed by atoms with E-state index in [1.807, 2.05) is 6.92 Å². The topological polar surface area (TPSA) is 61.8 Å². The maximum absolute atomic E-state index is 12.7. The molecule has 1 aliphatic heterocycles. The Morgan fingerprint density at radius 3 is 2.50 bits per heavy atom. The fraction of sp³-hybridized carbons (Fsp3) is 0.500. The predicted octanol–water partition coefficient (Wildman–Crippen LogP) is 3.25. The number of nitrogens with zero attached hydrogens (tertiary/aromatic N) is 3. The van der Waals surface area contributed by atoms with Gasteiger partial charge in [0, 0.05) is 31.6 Å². The lowest BCUT2D eigenvalue weighted by Crippen LogP contribution is -2.36. The summed E-state index contributed by atoms with van der Waals surface area (Å²) in [6.07, 6.45) is -4.42. The third-order valence-corrected chi connectivity index (χ3v) is 5.39. The molecule has 1 fully saturated rings. The molecule has 0 bridgehead atoms. The zero-order chi connectivity index (χ0) is 21.4. The SMILES string of the molecule is CCNC(=NCc1ccc(CN2CCOCC2)cc1)NCc1nc(C(F)(F)F)cs1. The zero-order valence-electron chi connectivity index (χ0n) is 16.8. The summed E-state index contributed by atoms with van der Waals surface area (Å²) >= 11 is 0.979. The van der Waals surface area contributed by atoms with Crippen LogP contribution in [0.3, 0.4) is 0 Å². The zero-order valence-corrected chi connectivity index (χ0v) is 17.7. The van der Waals surface area contributed by atoms with Crippen molar-refractivity contribution in [1.29, 1.82) is 0 Å². The minimum absolute atomic E-state index is 0.186. The van der Waals surface area contributed by atoms with Gasteiger partial charge in [-0.25, -0.2) is 9.98 Å². The van der Waals surface area contributed by atoms with Gasteiger partial charge in [-0.05, 0) is 18.1 Å². The number of rotatable bonds is 7. The van der Waals surface area contributed by atoms with Crippen LogP contribution in [-0.2, 0) is 30.5 Å². The molecule has 6 nitrogen and oxygen atoms in total. The number of halogens is 3. The summed E-state index contributed by atoms with van der Waals surface area (Å²) in [6.45, 7) is 7.62. The number of thiazole rings is 1. The molecule has 2 N–H and O–H groups in total. The van der Waals surface area contributed by atoms with E-state index in [-0.39, 0.29) is 6.54 Å². The second-order valence-corrected chi connectivity index (χ2v) is 7.82. The van der Waals surface area contributed by atoms with Crippen molar-refractivity contribution in [3.63, 3.8) is 0 Å². The Labute approximate surface area is 178 Å². The number of hydrogen-bond acceptors (Lipinski definition) is 5. The standard InChI is InChI=1S/C20H26F3N5OS/c1-2-24-19(26-12-18-27-17(14-30-18)20(21,22)23)25-11-15-3-5-16(6-4-15)13-28-7-9-29-10-8-28/h3-6,14H,2,7-13H2,1H3,(H2,24,25,26). The quantitative estimate of drug-likeness (QED) is 0.510. The molecular weight excluding hydrogens is 415 g/mol. The third kappa shape index (κ3) is 6.96. The van der Waals surface area contributed by atoms with Crippen molar-refractivity contribution in [3.8, 4) is 0 Å². The summed E-state index contributed by atoms with van der Waals surface area (Å²) in [6, 6.07) is 8.32. The minimum Gasteiger partial charge on any atom is -0.379 e. The minimum atomic E-state index is -4.42. The lowest BCUT2D eigenvalue weighted by molar-refractivity contribution is -0.140. The molecule has 164 valence electrons. The van der Waals surface area contributed by atoms with Crippen LogP contribution in [0.15, 0.2) is 34.6 Å². The molecule has 1 aliphatic rings. The highest BCUT2D eigenvalue weighted by atomic mass is 32.1. The molecule has 0 amide bonds. The van der Waals surface area contributed by atoms with Gasteiger partial charge in [-0.2, -0.15) is 13.2 Å². The van der Waals surface area contributed by atoms with Crippen LogP contribution >= 0.6 is 11.3 Å². The van der Waals surface area contributed by atoms with Gasteiger partial charge >= 0.3 is 6.18 Å². The molecule has 10 heteroatoms. The van der Waals surface area contributed by atoms with Gasteiger partial charge in [0.2, 0.25) is 0 Å². The molecule has 0 aliphatic carbocycles. The summed E-state index contributed by atoms with van der Waals surface area (Å²) in [4.78, 5) is 10.5. The van der Waals surface area contributed by atoms with Crippen LogP contribution in [-0.4, -0.2) is 48.7 Å². The second kappa shape index (κ2) is 10.7. The third-order valence-electron chi connectivity index (χ3n) is 4.55. The van der Waals surface area contributed by atoms with Crippen molar-refractivity contribution in [1.82, 2.24) is 20.5 Å². The first-order valence-corrected chi connectivity index (χ1v) is 10.7. The lowest BCUT2D eigenvalue weighted by Gasteiger charge is -2.26. The summed E-state index contributed by atoms with van der Waals surface area (Å²) in [7, 11) is 0. The van der Waals surface area contributed by atoms with E-state index in [0.717, 1.165) is 55.1 Å². The van der Waals surface area contributed by atoms with Gasteiger partial charge in [-0.3, -0.25) is 4.90 Å². The first-order valence-electron chi connectivity index (χ1n) is 9.85. The Balaban J connectivity index is 1.52. The smallest absolute Gasteiger partial charge is 0.379 e. The highest BCUT2D eigenvalue weighted by molar-refractivity contribution is 7.09. The predicted molar refractivity (Wildman–Crippen MR) is 111 cm³/mol. The summed E-state index contributed by atoms with van der Waals surface area (Å²) < 4.78 is 43.4. The van der Waals surface area contributed by atoms with E-state index in [2.05, 4.69) is 49.8 Å². The molecule has 0 saturated carbocycles. The van der Waals surface area contributed by atoms with Crippen molar-refractivity contribution < 1.29 is 17.9 Å². The van der Waals surface area contributed by atoms with Gasteiger partial charge in [0.25, 0.3) is 0 Å². The molecule has 1 aromatic heterocycles. The second-order valence-electron chi connectivity index (χ2n) is 6.88. The first kappa shape index (κ1) is 22.5. The molecule has 0 radical (unpaired) electrons. The van der Waals surface area contributed by atoms with Crippen molar-refractivity contribution in [3.05, 3.63) is 51.5 Å². The number of hydrogen-bond donors (Lipinski definition) is 2. The Hall–Kier alpha value is -2.17. The monoisotopic (exact) mass is 441 g/mol. The summed E-state index contributed by atoms with van der Waals surface area (Å²) in [5, 5.41) is 7.53. The van der Waals surface area contributed by atoms with Crippen molar-refractivity contribution in [2.75, 3.05) is 32.8 Å². The summed E-state index contributed by atoms with van der Waals surface area (Å²) in [5.41, 5.74) is 1.45. The van der Waals surface area contributed by atoms with Crippen LogP contribution in [0.5, 0.6) is 0 Å². The molecule has 1 saturated heterocycles. The van der Waals surface area contributed by atoms with Crippen LogP contribution in [0.4, 0.5) is 13.2 Å². The highest BCUT2D eigenvalue weighted by Crippen LogP contribution is 2.29. The molecule has 1 aromatic carbocycles. The maximum Gasteiger partial charge on any atom is 0.434 e. The number of nitrogens with one attached hydrogen (secondary N) is 2. The largest absolute Gasteiger partial charge is 0.434 e. The molecule has 0 atom stereocenters. The highest BCUT2D eigenvalue weighted by Gasteiger charge is 2.33. The summed E-state index contributed by atoms with van der Waals surface area (Å²) in [5.74, 6) is 0.540. The Bertz CT molecular complexity index is 817. The van der Waals surface area contributed by atoms with Crippen LogP contribution in [0.1, 0.15) is 28.8 Å². The number of aliphatic imine (C=N–C) groups is 1. The number of benzene rings is 1. The average Bonchev–Trinajstić information content (AvgIpc) is 3.22. The van der Waals surface area contributed by atoms with Crippen molar-refractivity contribution in [2.45, 2.75) is 32.7 Å².